The Bertz CT molecular complexity index is 638. The quantitative estimate of drug-likeness (QED) is 0.546. The van der Waals surface area contributed by atoms with Crippen molar-refractivity contribution in [1.29, 1.82) is 0 Å². The van der Waals surface area contributed by atoms with E-state index in [4.69, 9.17) is 9.47 Å². The van der Waals surface area contributed by atoms with Crippen LogP contribution in [0.25, 0.3) is 0 Å². The van der Waals surface area contributed by atoms with E-state index in [0.29, 0.717) is 13.2 Å². The van der Waals surface area contributed by atoms with Gasteiger partial charge in [0.2, 0.25) is 0 Å². The van der Waals surface area contributed by atoms with Gasteiger partial charge in [-0.1, -0.05) is 0 Å². The molecule has 4 nitrogen and oxygen atoms in total. The zero-order chi connectivity index (χ0) is 17.4. The Morgan fingerprint density at radius 3 is 1.29 bits per heavy atom. The molecule has 0 amide bonds. The van der Waals surface area contributed by atoms with E-state index < -0.39 is 0 Å². The number of benzene rings is 2. The molecule has 0 saturated carbocycles. The van der Waals surface area contributed by atoms with Crippen LogP contribution in [0.5, 0.6) is 11.5 Å². The molecule has 0 atom stereocenters. The van der Waals surface area contributed by atoms with Crippen LogP contribution in [0.15, 0.2) is 58.7 Å². The summed E-state index contributed by atoms with van der Waals surface area (Å²) in [6, 6.07) is 15.7. The molecule has 0 aliphatic rings. The molecule has 0 fully saturated rings. The smallest absolute Gasteiger partial charge is 0.119 e. The minimum Gasteiger partial charge on any atom is -0.494 e. The van der Waals surface area contributed by atoms with Gasteiger partial charge in [0.1, 0.15) is 11.5 Å². The molecule has 0 saturated heterocycles. The summed E-state index contributed by atoms with van der Waals surface area (Å²) in [5.74, 6) is 1.73. The monoisotopic (exact) mass is 324 g/mol. The lowest BCUT2D eigenvalue weighted by molar-refractivity contribution is 0.340. The van der Waals surface area contributed by atoms with Gasteiger partial charge in [-0.05, 0) is 87.4 Å². The Kier molecular flexibility index (Phi) is 6.55. The van der Waals surface area contributed by atoms with Gasteiger partial charge in [-0.2, -0.15) is 10.2 Å². The summed E-state index contributed by atoms with van der Waals surface area (Å²) in [6.45, 7) is 9.17. The van der Waals surface area contributed by atoms with Gasteiger partial charge in [-0.15, -0.1) is 0 Å². The summed E-state index contributed by atoms with van der Waals surface area (Å²) in [4.78, 5) is 0. The van der Waals surface area contributed by atoms with Gasteiger partial charge in [-0.3, -0.25) is 0 Å². The minimum atomic E-state index is 0.665. The average Bonchev–Trinajstić information content (AvgIpc) is 2.61. The first-order valence-electron chi connectivity index (χ1n) is 8.19. The molecule has 0 bridgehead atoms. The number of hydrogen-bond donors (Lipinski definition) is 0. The van der Waals surface area contributed by atoms with E-state index in [2.05, 4.69) is 10.2 Å². The minimum absolute atomic E-state index is 0.665. The van der Waals surface area contributed by atoms with E-state index in [0.717, 1.165) is 34.0 Å². The molecule has 2 rings (SSSR count). The third-order valence-electron chi connectivity index (χ3n) is 3.52. The maximum absolute atomic E-state index is 5.45. The van der Waals surface area contributed by atoms with Crippen molar-refractivity contribution >= 4 is 11.4 Å². The molecule has 0 unspecified atom stereocenters. The molecule has 0 N–H and O–H groups in total. The third kappa shape index (κ3) is 4.95. The number of ether oxygens (including phenoxy) is 2. The zero-order valence-electron chi connectivity index (χ0n) is 14.7. The molecule has 4 heteroatoms. The van der Waals surface area contributed by atoms with Crippen LogP contribution in [0.4, 0.5) is 0 Å². The van der Waals surface area contributed by atoms with Crippen LogP contribution in [-0.4, -0.2) is 24.6 Å². The topological polar surface area (TPSA) is 43.2 Å². The van der Waals surface area contributed by atoms with E-state index in [1.165, 1.54) is 0 Å². The highest BCUT2D eigenvalue weighted by Gasteiger charge is 2.01. The van der Waals surface area contributed by atoms with E-state index >= 15 is 0 Å². The van der Waals surface area contributed by atoms with Gasteiger partial charge in [0, 0.05) is 0 Å². The van der Waals surface area contributed by atoms with E-state index in [1.54, 1.807) is 0 Å². The molecule has 0 spiro atoms. The highest BCUT2D eigenvalue weighted by molar-refractivity contribution is 6.01. The zero-order valence-corrected chi connectivity index (χ0v) is 14.7. The first kappa shape index (κ1) is 17.7. The highest BCUT2D eigenvalue weighted by Crippen LogP contribution is 2.14. The maximum Gasteiger partial charge on any atom is 0.119 e. The van der Waals surface area contributed by atoms with E-state index in [-0.39, 0.29) is 0 Å². The normalized spacial score (nSPS) is 12.2. The molecule has 0 radical (unpaired) electrons. The van der Waals surface area contributed by atoms with Crippen molar-refractivity contribution in [2.24, 2.45) is 10.2 Å². The Labute approximate surface area is 143 Å². The van der Waals surface area contributed by atoms with Crippen LogP contribution in [0, 0.1) is 0 Å². The molecule has 126 valence electrons. The largest absolute Gasteiger partial charge is 0.494 e. The Morgan fingerprint density at radius 1 is 0.667 bits per heavy atom. The van der Waals surface area contributed by atoms with Crippen molar-refractivity contribution in [3.05, 3.63) is 59.7 Å². The van der Waals surface area contributed by atoms with Crippen molar-refractivity contribution in [2.75, 3.05) is 13.2 Å². The van der Waals surface area contributed by atoms with E-state index in [9.17, 15) is 0 Å². The molecule has 2 aromatic rings. The lowest BCUT2D eigenvalue weighted by atomic mass is 10.1. The molecule has 0 aliphatic heterocycles. The van der Waals surface area contributed by atoms with Gasteiger partial charge in [0.25, 0.3) is 0 Å². The van der Waals surface area contributed by atoms with Gasteiger partial charge >= 0.3 is 0 Å². The fourth-order valence-electron chi connectivity index (χ4n) is 2.18. The van der Waals surface area contributed by atoms with Gasteiger partial charge in [-0.25, -0.2) is 0 Å². The SMILES string of the molecule is CCOc1ccc(/C(C)=N/N=C(\C)c2ccc(OCC)cc2)cc1. The second kappa shape index (κ2) is 8.87. The fourth-order valence-corrected chi connectivity index (χ4v) is 2.18. The van der Waals surface area contributed by atoms with Crippen LogP contribution in [-0.2, 0) is 0 Å². The van der Waals surface area contributed by atoms with Crippen molar-refractivity contribution in [1.82, 2.24) is 0 Å². The van der Waals surface area contributed by atoms with Crippen molar-refractivity contribution in [3.63, 3.8) is 0 Å². The summed E-state index contributed by atoms with van der Waals surface area (Å²) in [5.41, 5.74) is 3.79. The van der Waals surface area contributed by atoms with Crippen LogP contribution < -0.4 is 9.47 Å². The summed E-state index contributed by atoms with van der Waals surface area (Å²) in [7, 11) is 0. The Balaban J connectivity index is 2.09. The summed E-state index contributed by atoms with van der Waals surface area (Å²) >= 11 is 0. The lowest BCUT2D eigenvalue weighted by Crippen LogP contribution is -1.98. The predicted octanol–water partition coefficient (Wildman–Crippen LogP) is 4.72. The van der Waals surface area contributed by atoms with Crippen LogP contribution in [0.2, 0.25) is 0 Å². The number of hydrogen-bond acceptors (Lipinski definition) is 4. The Hall–Kier alpha value is -2.62. The number of nitrogens with zero attached hydrogens (tertiary/aromatic N) is 2. The fraction of sp³-hybridized carbons (Fsp3) is 0.300. The van der Waals surface area contributed by atoms with Crippen LogP contribution >= 0.6 is 0 Å². The van der Waals surface area contributed by atoms with Crippen LogP contribution in [0.3, 0.4) is 0 Å². The summed E-state index contributed by atoms with van der Waals surface area (Å²) in [5, 5.41) is 8.68. The van der Waals surface area contributed by atoms with Gasteiger partial charge < -0.3 is 9.47 Å². The molecule has 0 aromatic heterocycles. The standard InChI is InChI=1S/C20H24N2O2/c1-5-23-19-11-7-17(8-12-19)15(3)21-22-16(4)18-9-13-20(14-10-18)24-6-2/h7-14H,5-6H2,1-4H3/b21-15+,22-16+. The highest BCUT2D eigenvalue weighted by atomic mass is 16.5. The molecule has 0 heterocycles. The van der Waals surface area contributed by atoms with Crippen molar-refractivity contribution in [2.45, 2.75) is 27.7 Å². The van der Waals surface area contributed by atoms with E-state index in [1.807, 2.05) is 76.2 Å². The van der Waals surface area contributed by atoms with Crippen LogP contribution in [0.1, 0.15) is 38.8 Å². The first-order valence-corrected chi connectivity index (χ1v) is 8.19. The number of rotatable bonds is 7. The first-order chi connectivity index (χ1) is 11.6. The van der Waals surface area contributed by atoms with Gasteiger partial charge in [0.15, 0.2) is 0 Å². The molecule has 24 heavy (non-hydrogen) atoms. The molecule has 0 aliphatic carbocycles. The Morgan fingerprint density at radius 2 is 1.00 bits per heavy atom. The average molecular weight is 324 g/mol. The summed E-state index contributed by atoms with van der Waals surface area (Å²) in [6.07, 6.45) is 0. The lowest BCUT2D eigenvalue weighted by Gasteiger charge is -2.05. The maximum atomic E-state index is 5.45. The second-order valence-corrected chi connectivity index (χ2v) is 5.29. The molecular weight excluding hydrogens is 300 g/mol. The molecular formula is C20H24N2O2. The summed E-state index contributed by atoms with van der Waals surface area (Å²) < 4.78 is 10.9. The van der Waals surface area contributed by atoms with Crippen molar-refractivity contribution in [3.8, 4) is 11.5 Å². The second-order valence-electron chi connectivity index (χ2n) is 5.29. The van der Waals surface area contributed by atoms with Crippen molar-refractivity contribution < 1.29 is 9.47 Å². The third-order valence-corrected chi connectivity index (χ3v) is 3.52. The molecule has 2 aromatic carbocycles. The predicted molar refractivity (Wildman–Crippen MR) is 99.6 cm³/mol. The van der Waals surface area contributed by atoms with Gasteiger partial charge in [0.05, 0.1) is 24.6 Å².